The Labute approximate surface area is 162 Å². The summed E-state index contributed by atoms with van der Waals surface area (Å²) in [5, 5.41) is 3.87. The van der Waals surface area contributed by atoms with Crippen molar-refractivity contribution in [1.29, 1.82) is 0 Å². The van der Waals surface area contributed by atoms with E-state index in [2.05, 4.69) is 24.9 Å². The number of fused-ring (bicyclic) bond motifs is 3. The molecule has 0 saturated carbocycles. The molecule has 1 atom stereocenters. The Balaban J connectivity index is 1.56. The highest BCUT2D eigenvalue weighted by molar-refractivity contribution is 7.19. The lowest BCUT2D eigenvalue weighted by Gasteiger charge is -2.33. The highest BCUT2D eigenvalue weighted by Crippen LogP contribution is 2.40. The standard InChI is InChI=1S/C19H24N4O3S/c1-26-15(24)9-20-18(25)12-5-4-8-23(10-12)17-16-13-6-2-3-7-14(13)27-19(16)22-11-21-17/h11-12H,2-10H2,1H3,(H,20,25)/t12-/m1/s1. The Kier molecular flexibility index (Phi) is 5.24. The highest BCUT2D eigenvalue weighted by Gasteiger charge is 2.29. The predicted octanol–water partition coefficient (Wildman–Crippen LogP) is 2.08. The second kappa shape index (κ2) is 7.80. The number of ether oxygens (including phenoxy) is 1. The number of methoxy groups -OCH3 is 1. The first-order valence-electron chi connectivity index (χ1n) is 9.52. The normalized spacial score (nSPS) is 19.6. The molecule has 8 heteroatoms. The molecule has 2 aromatic rings. The zero-order valence-electron chi connectivity index (χ0n) is 15.5. The van der Waals surface area contributed by atoms with E-state index < -0.39 is 5.97 Å². The first kappa shape index (κ1) is 18.2. The Morgan fingerprint density at radius 2 is 2.15 bits per heavy atom. The van der Waals surface area contributed by atoms with Crippen LogP contribution in [0, 0.1) is 5.92 Å². The lowest BCUT2D eigenvalue weighted by Crippen LogP contribution is -2.44. The fourth-order valence-corrected chi connectivity index (χ4v) is 5.30. The van der Waals surface area contributed by atoms with E-state index in [1.807, 2.05) is 0 Å². The smallest absolute Gasteiger partial charge is 0.325 e. The number of rotatable bonds is 4. The molecular formula is C19H24N4O3S. The van der Waals surface area contributed by atoms with Crippen LogP contribution in [0.4, 0.5) is 5.82 Å². The fraction of sp³-hybridized carbons (Fsp3) is 0.579. The number of hydrogen-bond donors (Lipinski definition) is 1. The molecule has 1 saturated heterocycles. The average molecular weight is 388 g/mol. The van der Waals surface area contributed by atoms with Crippen molar-refractivity contribution >= 4 is 39.2 Å². The van der Waals surface area contributed by atoms with Crippen molar-refractivity contribution in [2.45, 2.75) is 38.5 Å². The molecule has 0 aromatic carbocycles. The summed E-state index contributed by atoms with van der Waals surface area (Å²) in [5.74, 6) is 0.286. The van der Waals surface area contributed by atoms with Gasteiger partial charge in [0, 0.05) is 18.0 Å². The van der Waals surface area contributed by atoms with Crippen LogP contribution in [0.1, 0.15) is 36.1 Å². The largest absolute Gasteiger partial charge is 0.468 e. The van der Waals surface area contributed by atoms with Gasteiger partial charge in [0.25, 0.3) is 0 Å². The molecule has 1 aliphatic carbocycles. The number of amides is 1. The van der Waals surface area contributed by atoms with Crippen molar-refractivity contribution < 1.29 is 14.3 Å². The van der Waals surface area contributed by atoms with Crippen molar-refractivity contribution in [3.63, 3.8) is 0 Å². The molecule has 2 aromatic heterocycles. The molecule has 3 heterocycles. The number of piperidine rings is 1. The van der Waals surface area contributed by atoms with Gasteiger partial charge in [-0.15, -0.1) is 11.3 Å². The molecule has 1 amide bonds. The molecule has 27 heavy (non-hydrogen) atoms. The van der Waals surface area contributed by atoms with Crippen molar-refractivity contribution in [3.05, 3.63) is 16.8 Å². The molecule has 144 valence electrons. The van der Waals surface area contributed by atoms with E-state index in [1.54, 1.807) is 17.7 Å². The van der Waals surface area contributed by atoms with Crippen LogP contribution in [0.25, 0.3) is 10.2 Å². The topological polar surface area (TPSA) is 84.4 Å². The number of hydrogen-bond acceptors (Lipinski definition) is 7. The lowest BCUT2D eigenvalue weighted by atomic mass is 9.95. The van der Waals surface area contributed by atoms with Crippen LogP contribution in [0.3, 0.4) is 0 Å². The van der Waals surface area contributed by atoms with Crippen LogP contribution in [0.2, 0.25) is 0 Å². The van der Waals surface area contributed by atoms with Crippen LogP contribution < -0.4 is 10.2 Å². The predicted molar refractivity (Wildman–Crippen MR) is 104 cm³/mol. The third-order valence-corrected chi connectivity index (χ3v) is 6.66. The monoisotopic (exact) mass is 388 g/mol. The van der Waals surface area contributed by atoms with Crippen LogP contribution in [0.5, 0.6) is 0 Å². The van der Waals surface area contributed by atoms with Gasteiger partial charge in [0.1, 0.15) is 23.5 Å². The maximum Gasteiger partial charge on any atom is 0.325 e. The number of aryl methyl sites for hydroxylation is 2. The van der Waals surface area contributed by atoms with E-state index in [0.29, 0.717) is 6.54 Å². The molecule has 1 N–H and O–H groups in total. The number of esters is 1. The Morgan fingerprint density at radius 1 is 1.30 bits per heavy atom. The van der Waals surface area contributed by atoms with Crippen LogP contribution in [0.15, 0.2) is 6.33 Å². The minimum Gasteiger partial charge on any atom is -0.468 e. The first-order valence-corrected chi connectivity index (χ1v) is 10.3. The molecule has 7 nitrogen and oxygen atoms in total. The minimum absolute atomic E-state index is 0.0817. The lowest BCUT2D eigenvalue weighted by molar-refractivity contribution is -0.141. The van der Waals surface area contributed by atoms with E-state index in [1.165, 1.54) is 35.8 Å². The van der Waals surface area contributed by atoms with Gasteiger partial charge in [0.15, 0.2) is 0 Å². The first-order chi connectivity index (χ1) is 13.2. The number of aromatic nitrogens is 2. The summed E-state index contributed by atoms with van der Waals surface area (Å²) >= 11 is 1.79. The van der Waals surface area contributed by atoms with Crippen molar-refractivity contribution in [2.75, 3.05) is 31.6 Å². The van der Waals surface area contributed by atoms with Crippen LogP contribution in [-0.2, 0) is 27.2 Å². The van der Waals surface area contributed by atoms with Gasteiger partial charge >= 0.3 is 5.97 Å². The zero-order chi connectivity index (χ0) is 18.8. The summed E-state index contributed by atoms with van der Waals surface area (Å²) in [6.07, 6.45) is 8.07. The SMILES string of the molecule is COC(=O)CNC(=O)[C@@H]1CCCN(c2ncnc3sc4c(c23)CCCC4)C1. The van der Waals surface area contributed by atoms with E-state index in [0.717, 1.165) is 42.9 Å². The van der Waals surface area contributed by atoms with Gasteiger partial charge in [-0.1, -0.05) is 0 Å². The second-order valence-corrected chi connectivity index (χ2v) is 8.25. The van der Waals surface area contributed by atoms with Crippen molar-refractivity contribution in [3.8, 4) is 0 Å². The summed E-state index contributed by atoms with van der Waals surface area (Å²) in [4.78, 5) is 37.6. The van der Waals surface area contributed by atoms with E-state index in [9.17, 15) is 9.59 Å². The molecule has 4 rings (SSSR count). The average Bonchev–Trinajstić information content (AvgIpc) is 3.10. The van der Waals surface area contributed by atoms with Gasteiger partial charge in [0.05, 0.1) is 18.4 Å². The Bertz CT molecular complexity index is 866. The summed E-state index contributed by atoms with van der Waals surface area (Å²) < 4.78 is 4.59. The number of carbonyl (C=O) groups excluding carboxylic acids is 2. The molecule has 0 radical (unpaired) electrons. The zero-order valence-corrected chi connectivity index (χ0v) is 16.3. The minimum atomic E-state index is -0.432. The number of thiophene rings is 1. The summed E-state index contributed by atoms with van der Waals surface area (Å²) in [6.45, 7) is 1.42. The summed E-state index contributed by atoms with van der Waals surface area (Å²) in [7, 11) is 1.32. The van der Waals surface area contributed by atoms with Crippen LogP contribution >= 0.6 is 11.3 Å². The molecular weight excluding hydrogens is 364 g/mol. The van der Waals surface area contributed by atoms with Crippen molar-refractivity contribution in [2.24, 2.45) is 5.92 Å². The number of nitrogens with zero attached hydrogens (tertiary/aromatic N) is 3. The second-order valence-electron chi connectivity index (χ2n) is 7.17. The number of carbonyl (C=O) groups is 2. The maximum absolute atomic E-state index is 12.5. The third kappa shape index (κ3) is 3.63. The summed E-state index contributed by atoms with van der Waals surface area (Å²) in [6, 6.07) is 0. The van der Waals surface area contributed by atoms with E-state index in [-0.39, 0.29) is 18.4 Å². The third-order valence-electron chi connectivity index (χ3n) is 5.46. The Morgan fingerprint density at radius 3 is 3.00 bits per heavy atom. The fourth-order valence-electron chi connectivity index (χ4n) is 4.07. The maximum atomic E-state index is 12.5. The molecule has 1 aliphatic heterocycles. The summed E-state index contributed by atoms with van der Waals surface area (Å²) in [5.41, 5.74) is 1.41. The van der Waals surface area contributed by atoms with Crippen LogP contribution in [-0.4, -0.2) is 48.6 Å². The number of anilines is 1. The Hall–Kier alpha value is -2.22. The van der Waals surface area contributed by atoms with Gasteiger partial charge in [-0.05, 0) is 44.1 Å². The molecule has 1 fully saturated rings. The molecule has 0 bridgehead atoms. The number of nitrogens with one attached hydrogen (secondary N) is 1. The van der Waals surface area contributed by atoms with Gasteiger partial charge in [-0.25, -0.2) is 9.97 Å². The van der Waals surface area contributed by atoms with E-state index >= 15 is 0 Å². The van der Waals surface area contributed by atoms with Gasteiger partial charge < -0.3 is 15.0 Å². The van der Waals surface area contributed by atoms with Gasteiger partial charge in [0.2, 0.25) is 5.91 Å². The highest BCUT2D eigenvalue weighted by atomic mass is 32.1. The van der Waals surface area contributed by atoms with Gasteiger partial charge in [-0.3, -0.25) is 9.59 Å². The van der Waals surface area contributed by atoms with Crippen molar-refractivity contribution in [1.82, 2.24) is 15.3 Å². The molecule has 0 spiro atoms. The molecule has 0 unspecified atom stereocenters. The van der Waals surface area contributed by atoms with E-state index in [4.69, 9.17) is 0 Å². The molecule has 2 aliphatic rings. The quantitative estimate of drug-likeness (QED) is 0.808. The van der Waals surface area contributed by atoms with Gasteiger partial charge in [-0.2, -0.15) is 0 Å².